The van der Waals surface area contributed by atoms with Gasteiger partial charge in [0.05, 0.1) is 17.6 Å². The van der Waals surface area contributed by atoms with E-state index in [-0.39, 0.29) is 11.1 Å². The molecule has 2 aromatic rings. The number of imidazole rings is 1. The smallest absolute Gasteiger partial charge is 0.281 e. The van der Waals surface area contributed by atoms with E-state index in [2.05, 4.69) is 21.8 Å². The summed E-state index contributed by atoms with van der Waals surface area (Å²) in [6.45, 7) is 4.51. The van der Waals surface area contributed by atoms with E-state index in [1.807, 2.05) is 24.3 Å². The Kier molecular flexibility index (Phi) is 4.85. The molecular weight excluding hydrogens is 312 g/mol. The first kappa shape index (κ1) is 15.9. The summed E-state index contributed by atoms with van der Waals surface area (Å²) in [6.07, 6.45) is 0.332. The largest absolute Gasteiger partial charge is 0.349 e. The lowest BCUT2D eigenvalue weighted by atomic mass is 10.3. The number of fused-ring (bicyclic) bond motifs is 1. The number of para-hydroxylation sites is 2. The fourth-order valence-electron chi connectivity index (χ4n) is 2.74. The number of carbonyl (C=O) groups excluding carboxylic acids is 2. The molecule has 0 radical (unpaired) electrons. The highest BCUT2D eigenvalue weighted by Gasteiger charge is 2.21. The number of aryl methyl sites for hydroxylation is 1. The van der Waals surface area contributed by atoms with E-state index in [0.29, 0.717) is 19.5 Å². The number of amides is 2. The van der Waals surface area contributed by atoms with Crippen molar-refractivity contribution in [3.05, 3.63) is 30.1 Å². The van der Waals surface area contributed by atoms with Gasteiger partial charge in [0, 0.05) is 31.8 Å². The topological polar surface area (TPSA) is 67.2 Å². The molecule has 1 fully saturated rings. The van der Waals surface area contributed by atoms with Crippen LogP contribution in [-0.4, -0.2) is 44.4 Å². The van der Waals surface area contributed by atoms with E-state index in [4.69, 9.17) is 0 Å². The van der Waals surface area contributed by atoms with E-state index in [0.717, 1.165) is 35.7 Å². The molecule has 0 saturated carbocycles. The Labute approximate surface area is 139 Å². The molecule has 23 heavy (non-hydrogen) atoms. The van der Waals surface area contributed by atoms with Crippen LogP contribution < -0.4 is 5.32 Å². The molecule has 0 atom stereocenters. The maximum atomic E-state index is 12.0. The molecule has 0 spiro atoms. The van der Waals surface area contributed by atoms with Crippen molar-refractivity contribution < 1.29 is 9.59 Å². The third-order valence-corrected chi connectivity index (χ3v) is 4.84. The van der Waals surface area contributed by atoms with Gasteiger partial charge in [-0.1, -0.05) is 23.9 Å². The normalized spacial score (nSPS) is 14.7. The van der Waals surface area contributed by atoms with Crippen molar-refractivity contribution in [1.82, 2.24) is 19.8 Å². The van der Waals surface area contributed by atoms with Crippen molar-refractivity contribution in [2.45, 2.75) is 26.4 Å². The van der Waals surface area contributed by atoms with Crippen molar-refractivity contribution in [3.63, 3.8) is 0 Å². The maximum Gasteiger partial charge on any atom is 0.281 e. The average molecular weight is 332 g/mol. The van der Waals surface area contributed by atoms with Crippen LogP contribution in [0.2, 0.25) is 0 Å². The molecule has 1 aliphatic rings. The first-order valence-electron chi connectivity index (χ1n) is 7.81. The zero-order valence-electron chi connectivity index (χ0n) is 13.1. The molecule has 3 rings (SSSR count). The molecule has 0 aliphatic carbocycles. The number of nitrogens with zero attached hydrogens (tertiary/aromatic N) is 3. The molecule has 1 aromatic heterocycles. The van der Waals surface area contributed by atoms with E-state index in [1.165, 1.54) is 11.8 Å². The summed E-state index contributed by atoms with van der Waals surface area (Å²) in [5.41, 5.74) is 2.03. The summed E-state index contributed by atoms with van der Waals surface area (Å²) in [6, 6.07) is 7.96. The number of hydrogen-bond acceptors (Lipinski definition) is 4. The lowest BCUT2D eigenvalue weighted by Crippen LogP contribution is -2.31. The van der Waals surface area contributed by atoms with Crippen LogP contribution in [0.25, 0.3) is 11.0 Å². The maximum absolute atomic E-state index is 12.0. The van der Waals surface area contributed by atoms with Gasteiger partial charge in [-0.15, -0.1) is 0 Å². The van der Waals surface area contributed by atoms with Crippen molar-refractivity contribution >= 4 is 33.9 Å². The Morgan fingerprint density at radius 2 is 2.22 bits per heavy atom. The number of carbonyl (C=O) groups is 2. The molecule has 7 heteroatoms. The first-order chi connectivity index (χ1) is 11.2. The zero-order chi connectivity index (χ0) is 16.2. The second-order valence-corrected chi connectivity index (χ2v) is 6.44. The summed E-state index contributed by atoms with van der Waals surface area (Å²) in [5.74, 6) is 1.63. The average Bonchev–Trinajstić information content (AvgIpc) is 3.13. The van der Waals surface area contributed by atoms with Gasteiger partial charge in [0.2, 0.25) is 5.91 Å². The predicted molar refractivity (Wildman–Crippen MR) is 91.3 cm³/mol. The highest BCUT2D eigenvalue weighted by molar-refractivity contribution is 8.13. The van der Waals surface area contributed by atoms with Gasteiger partial charge >= 0.3 is 0 Å². The first-order valence-corrected chi connectivity index (χ1v) is 8.80. The van der Waals surface area contributed by atoms with Gasteiger partial charge in [0.15, 0.2) is 0 Å². The van der Waals surface area contributed by atoms with Gasteiger partial charge in [0.25, 0.3) is 5.24 Å². The minimum absolute atomic E-state index is 0.0515. The Balaban J connectivity index is 1.57. The molecule has 2 amide bonds. The molecule has 1 aromatic carbocycles. The van der Waals surface area contributed by atoms with E-state index in [9.17, 15) is 9.59 Å². The number of hydrogen-bond donors (Lipinski definition) is 1. The Hall–Kier alpha value is -2.02. The van der Waals surface area contributed by atoms with Gasteiger partial charge in [-0.3, -0.25) is 9.59 Å². The quantitative estimate of drug-likeness (QED) is 0.881. The fourth-order valence-corrected chi connectivity index (χ4v) is 3.60. The van der Waals surface area contributed by atoms with Crippen LogP contribution in [0.15, 0.2) is 24.3 Å². The number of thioether (sulfide) groups is 1. The van der Waals surface area contributed by atoms with Crippen LogP contribution in [0, 0.1) is 0 Å². The molecule has 1 aliphatic heterocycles. The minimum Gasteiger partial charge on any atom is -0.349 e. The number of nitrogens with one attached hydrogen (secondary N) is 1. The van der Waals surface area contributed by atoms with Crippen molar-refractivity contribution in [3.8, 4) is 0 Å². The van der Waals surface area contributed by atoms with Crippen LogP contribution in [0.3, 0.4) is 0 Å². The summed E-state index contributed by atoms with van der Waals surface area (Å²) in [4.78, 5) is 29.8. The Morgan fingerprint density at radius 3 is 2.96 bits per heavy atom. The van der Waals surface area contributed by atoms with Crippen LogP contribution in [-0.2, 0) is 17.9 Å². The second-order valence-electron chi connectivity index (χ2n) is 5.39. The van der Waals surface area contributed by atoms with Crippen molar-refractivity contribution in [1.29, 1.82) is 0 Å². The molecule has 6 nitrogen and oxygen atoms in total. The van der Waals surface area contributed by atoms with E-state index >= 15 is 0 Å². The lowest BCUT2D eigenvalue weighted by Gasteiger charge is -2.14. The number of benzene rings is 1. The van der Waals surface area contributed by atoms with Gasteiger partial charge < -0.3 is 14.8 Å². The third-order valence-electron chi connectivity index (χ3n) is 3.95. The molecule has 122 valence electrons. The van der Waals surface area contributed by atoms with Gasteiger partial charge in [-0.2, -0.15) is 0 Å². The highest BCUT2D eigenvalue weighted by atomic mass is 32.2. The fraction of sp³-hybridized carbons (Fsp3) is 0.438. The van der Waals surface area contributed by atoms with Crippen LogP contribution in [0.5, 0.6) is 0 Å². The standard InChI is InChI=1S/C16H20N4O2S/c1-2-20-13-6-4-3-5-12(13)18-14(20)11-17-15(21)7-8-19-9-10-23-16(19)22/h3-6H,2,7-11H2,1H3,(H,17,21). The van der Waals surface area contributed by atoms with Crippen molar-refractivity contribution in [2.75, 3.05) is 18.8 Å². The summed E-state index contributed by atoms with van der Waals surface area (Å²) in [7, 11) is 0. The predicted octanol–water partition coefficient (Wildman–Crippen LogP) is 2.23. The van der Waals surface area contributed by atoms with Crippen LogP contribution in [0.4, 0.5) is 4.79 Å². The molecule has 0 unspecified atom stereocenters. The highest BCUT2D eigenvalue weighted by Crippen LogP contribution is 2.17. The summed E-state index contributed by atoms with van der Waals surface area (Å²) < 4.78 is 2.11. The van der Waals surface area contributed by atoms with E-state index in [1.54, 1.807) is 4.90 Å². The monoisotopic (exact) mass is 332 g/mol. The molecule has 1 N–H and O–H groups in total. The van der Waals surface area contributed by atoms with Crippen LogP contribution >= 0.6 is 11.8 Å². The molecule has 0 bridgehead atoms. The Morgan fingerprint density at radius 1 is 1.39 bits per heavy atom. The second kappa shape index (κ2) is 7.04. The Bertz CT molecular complexity index is 728. The number of rotatable bonds is 6. The third kappa shape index (κ3) is 3.50. The van der Waals surface area contributed by atoms with Gasteiger partial charge in [-0.05, 0) is 19.1 Å². The van der Waals surface area contributed by atoms with E-state index < -0.39 is 0 Å². The summed E-state index contributed by atoms with van der Waals surface area (Å²) >= 11 is 1.32. The van der Waals surface area contributed by atoms with Crippen LogP contribution in [0.1, 0.15) is 19.2 Å². The molecule has 1 saturated heterocycles. The SMILES string of the molecule is CCn1c(CNC(=O)CCN2CCSC2=O)nc2ccccc21. The summed E-state index contributed by atoms with van der Waals surface area (Å²) in [5, 5.41) is 2.98. The molecular formula is C16H20N4O2S. The van der Waals surface area contributed by atoms with Gasteiger partial charge in [-0.25, -0.2) is 4.98 Å². The number of aromatic nitrogens is 2. The van der Waals surface area contributed by atoms with Gasteiger partial charge in [0.1, 0.15) is 5.82 Å². The lowest BCUT2D eigenvalue weighted by molar-refractivity contribution is -0.121. The van der Waals surface area contributed by atoms with Crippen molar-refractivity contribution in [2.24, 2.45) is 0 Å². The molecule has 2 heterocycles. The zero-order valence-corrected chi connectivity index (χ0v) is 13.9. The minimum atomic E-state index is -0.0515.